The van der Waals surface area contributed by atoms with Crippen molar-refractivity contribution in [2.75, 3.05) is 19.7 Å². The number of nitrogens with zero attached hydrogens (tertiary/aromatic N) is 1. The smallest absolute Gasteiger partial charge is 0.309 e. The second-order valence-electron chi connectivity index (χ2n) is 7.27. The standard InChI is InChI=1S/C21H28N2O4S/c1-4-23-14(3)13-16(24)18(20(23)25)19(17-7-6-12-28-17)22-10-8-15(9-11-22)21(26)27-5-2/h6-7,12-13,15,19,24H,4-5,8-11H2,1-3H3/p+1/t19-/m1/s1. The monoisotopic (exact) mass is 405 g/mol. The van der Waals surface area contributed by atoms with Crippen LogP contribution in [0.25, 0.3) is 0 Å². The first-order valence-corrected chi connectivity index (χ1v) is 10.8. The van der Waals surface area contributed by atoms with Gasteiger partial charge in [-0.3, -0.25) is 9.59 Å². The number of likely N-dealkylation sites (tertiary alicyclic amines) is 1. The fourth-order valence-corrected chi connectivity index (χ4v) is 5.10. The van der Waals surface area contributed by atoms with Gasteiger partial charge in [-0.25, -0.2) is 0 Å². The van der Waals surface area contributed by atoms with E-state index < -0.39 is 0 Å². The third-order valence-corrected chi connectivity index (χ3v) is 6.55. The minimum absolute atomic E-state index is 0.0608. The summed E-state index contributed by atoms with van der Waals surface area (Å²) in [5.41, 5.74) is 1.09. The minimum Gasteiger partial charge on any atom is -0.507 e. The molecule has 0 radical (unpaired) electrons. The maximum absolute atomic E-state index is 13.2. The van der Waals surface area contributed by atoms with Crippen LogP contribution in [-0.2, 0) is 16.1 Å². The molecule has 2 aromatic rings. The lowest BCUT2D eigenvalue weighted by molar-refractivity contribution is -0.930. The lowest BCUT2D eigenvalue weighted by Crippen LogP contribution is -3.13. The van der Waals surface area contributed by atoms with Crippen LogP contribution in [0.5, 0.6) is 5.75 Å². The Morgan fingerprint density at radius 2 is 2.11 bits per heavy atom. The van der Waals surface area contributed by atoms with Gasteiger partial charge >= 0.3 is 5.97 Å². The zero-order chi connectivity index (χ0) is 20.3. The normalized spacial score (nSPS) is 20.7. The van der Waals surface area contributed by atoms with E-state index in [2.05, 4.69) is 0 Å². The first-order chi connectivity index (χ1) is 13.5. The van der Waals surface area contributed by atoms with Crippen molar-refractivity contribution < 1.29 is 19.5 Å². The molecule has 28 heavy (non-hydrogen) atoms. The molecule has 7 heteroatoms. The van der Waals surface area contributed by atoms with Crippen molar-refractivity contribution in [1.82, 2.24) is 4.57 Å². The van der Waals surface area contributed by atoms with Crippen molar-refractivity contribution >= 4 is 17.3 Å². The first-order valence-electron chi connectivity index (χ1n) is 9.95. The number of pyridine rings is 1. The highest BCUT2D eigenvalue weighted by Crippen LogP contribution is 2.29. The van der Waals surface area contributed by atoms with E-state index in [-0.39, 0.29) is 29.2 Å². The molecule has 0 saturated carbocycles. The quantitative estimate of drug-likeness (QED) is 0.720. The van der Waals surface area contributed by atoms with E-state index in [9.17, 15) is 14.7 Å². The molecule has 1 fully saturated rings. The van der Waals surface area contributed by atoms with Crippen LogP contribution >= 0.6 is 11.3 Å². The summed E-state index contributed by atoms with van der Waals surface area (Å²) in [6, 6.07) is 5.45. The summed E-state index contributed by atoms with van der Waals surface area (Å²) in [5.74, 6) is -0.141. The van der Waals surface area contributed by atoms with Crippen molar-refractivity contribution in [1.29, 1.82) is 0 Å². The zero-order valence-corrected chi connectivity index (χ0v) is 17.6. The summed E-state index contributed by atoms with van der Waals surface area (Å²) in [7, 11) is 0. The van der Waals surface area contributed by atoms with Crippen LogP contribution in [0.3, 0.4) is 0 Å². The molecule has 1 aliphatic heterocycles. The van der Waals surface area contributed by atoms with Crippen LogP contribution in [0.2, 0.25) is 0 Å². The van der Waals surface area contributed by atoms with Gasteiger partial charge in [0.1, 0.15) is 11.3 Å². The van der Waals surface area contributed by atoms with Gasteiger partial charge in [0, 0.05) is 25.1 Å². The highest BCUT2D eigenvalue weighted by atomic mass is 32.1. The predicted octanol–water partition coefficient (Wildman–Crippen LogP) is 1.89. The molecule has 0 aromatic carbocycles. The average Bonchev–Trinajstić information content (AvgIpc) is 3.20. The number of hydrogen-bond acceptors (Lipinski definition) is 5. The zero-order valence-electron chi connectivity index (χ0n) is 16.7. The van der Waals surface area contributed by atoms with Gasteiger partial charge in [0.2, 0.25) is 0 Å². The highest BCUT2D eigenvalue weighted by Gasteiger charge is 2.37. The van der Waals surface area contributed by atoms with Gasteiger partial charge in [-0.2, -0.15) is 0 Å². The number of carbonyl (C=O) groups is 1. The Balaban J connectivity index is 1.96. The van der Waals surface area contributed by atoms with Crippen molar-refractivity contribution in [2.24, 2.45) is 5.92 Å². The molecule has 0 bridgehead atoms. The number of esters is 1. The summed E-state index contributed by atoms with van der Waals surface area (Å²) < 4.78 is 6.88. The topological polar surface area (TPSA) is 73.0 Å². The summed E-state index contributed by atoms with van der Waals surface area (Å²) in [6.07, 6.45) is 1.45. The van der Waals surface area contributed by atoms with Crippen LogP contribution in [-0.4, -0.2) is 35.3 Å². The van der Waals surface area contributed by atoms with Crippen molar-refractivity contribution in [2.45, 2.75) is 46.2 Å². The Labute approximate surface area is 169 Å². The largest absolute Gasteiger partial charge is 0.507 e. The average molecular weight is 406 g/mol. The number of rotatable bonds is 6. The van der Waals surface area contributed by atoms with Gasteiger partial charge in [0.15, 0.2) is 6.04 Å². The van der Waals surface area contributed by atoms with Gasteiger partial charge in [-0.1, -0.05) is 6.07 Å². The molecule has 1 atom stereocenters. The van der Waals surface area contributed by atoms with E-state index in [4.69, 9.17) is 4.74 Å². The van der Waals surface area contributed by atoms with Crippen LogP contribution < -0.4 is 10.5 Å². The van der Waals surface area contributed by atoms with Gasteiger partial charge in [-0.05, 0) is 38.3 Å². The SMILES string of the molecule is CCOC(=O)C1CC[NH+]([C@H](c2cccs2)c2c(O)cc(C)n(CC)c2=O)CC1. The predicted molar refractivity (Wildman–Crippen MR) is 109 cm³/mol. The fraction of sp³-hybridized carbons (Fsp3) is 0.524. The first kappa shape index (κ1) is 20.6. The molecule has 0 unspecified atom stereocenters. The molecule has 0 amide bonds. The van der Waals surface area contributed by atoms with Gasteiger partial charge in [-0.15, -0.1) is 11.3 Å². The maximum atomic E-state index is 13.2. The molecule has 0 aliphatic carbocycles. The molecule has 3 rings (SSSR count). The molecule has 1 aliphatic rings. The van der Waals surface area contributed by atoms with Crippen molar-refractivity contribution in [3.8, 4) is 5.75 Å². The molecule has 1 saturated heterocycles. The van der Waals surface area contributed by atoms with E-state index >= 15 is 0 Å². The second-order valence-corrected chi connectivity index (χ2v) is 8.25. The number of carbonyl (C=O) groups excluding carboxylic acids is 1. The molecule has 0 spiro atoms. The Morgan fingerprint density at radius 3 is 2.68 bits per heavy atom. The van der Waals surface area contributed by atoms with E-state index in [1.54, 1.807) is 22.0 Å². The molecular weight excluding hydrogens is 376 g/mol. The summed E-state index contributed by atoms with van der Waals surface area (Å²) in [6.45, 7) is 8.08. The third kappa shape index (κ3) is 4.00. The fourth-order valence-electron chi connectivity index (χ4n) is 4.21. The molecule has 2 aromatic heterocycles. The highest BCUT2D eigenvalue weighted by molar-refractivity contribution is 7.10. The number of aromatic hydroxyl groups is 1. The van der Waals surface area contributed by atoms with Crippen LogP contribution in [0.4, 0.5) is 0 Å². The Hall–Kier alpha value is -2.12. The number of aromatic nitrogens is 1. The lowest BCUT2D eigenvalue weighted by Gasteiger charge is -2.34. The minimum atomic E-state index is -0.228. The van der Waals surface area contributed by atoms with Gasteiger partial charge in [0.05, 0.1) is 30.5 Å². The number of thiophene rings is 1. The Morgan fingerprint density at radius 1 is 1.39 bits per heavy atom. The summed E-state index contributed by atoms with van der Waals surface area (Å²) in [4.78, 5) is 27.5. The number of aryl methyl sites for hydroxylation is 1. The van der Waals surface area contributed by atoms with E-state index in [1.807, 2.05) is 38.3 Å². The molecule has 2 N–H and O–H groups in total. The van der Waals surface area contributed by atoms with Gasteiger partial charge < -0.3 is 19.3 Å². The number of ether oxygens (including phenoxy) is 1. The second kappa shape index (κ2) is 8.92. The lowest BCUT2D eigenvalue weighted by atomic mass is 9.93. The van der Waals surface area contributed by atoms with Crippen LogP contribution in [0, 0.1) is 12.8 Å². The summed E-state index contributed by atoms with van der Waals surface area (Å²) >= 11 is 1.60. The number of hydrogen-bond donors (Lipinski definition) is 2. The summed E-state index contributed by atoms with van der Waals surface area (Å²) in [5, 5.41) is 12.7. The van der Waals surface area contributed by atoms with Crippen molar-refractivity contribution in [3.05, 3.63) is 50.1 Å². The molecular formula is C21H29N2O4S+. The molecule has 152 valence electrons. The van der Waals surface area contributed by atoms with E-state index in [1.165, 1.54) is 4.90 Å². The number of nitrogens with one attached hydrogen (secondary N) is 1. The van der Waals surface area contributed by atoms with Crippen molar-refractivity contribution in [3.63, 3.8) is 0 Å². The number of quaternary nitrogens is 1. The maximum Gasteiger partial charge on any atom is 0.309 e. The molecule has 3 heterocycles. The Kier molecular flexibility index (Phi) is 6.57. The van der Waals surface area contributed by atoms with Gasteiger partial charge in [0.25, 0.3) is 5.56 Å². The Bertz CT molecular complexity index is 867. The van der Waals surface area contributed by atoms with Crippen LogP contribution in [0.15, 0.2) is 28.4 Å². The number of piperidine rings is 1. The van der Waals surface area contributed by atoms with Crippen LogP contribution in [0.1, 0.15) is 48.9 Å². The van der Waals surface area contributed by atoms with E-state index in [0.29, 0.717) is 18.7 Å². The van der Waals surface area contributed by atoms with E-state index in [0.717, 1.165) is 36.5 Å². The third-order valence-electron chi connectivity index (χ3n) is 5.61. The molecule has 6 nitrogen and oxygen atoms in total.